The van der Waals surface area contributed by atoms with Crippen LogP contribution in [-0.4, -0.2) is 36.8 Å². The number of rotatable bonds is 7. The average Bonchev–Trinajstić information content (AvgIpc) is 2.73. The summed E-state index contributed by atoms with van der Waals surface area (Å²) in [4.78, 5) is 10.4. The van der Waals surface area contributed by atoms with Gasteiger partial charge in [0, 0.05) is 24.7 Å². The maximum atomic E-state index is 13.3. The molecule has 0 saturated carbocycles. The number of nitrogens with two attached hydrogens (primary N) is 1. The summed E-state index contributed by atoms with van der Waals surface area (Å²) in [5, 5.41) is 10.8. The largest absolute Gasteiger partial charge is 0.330 e. The SMILES string of the molecule is NC[C@H](Cc1ccccc1)[C@@H]1CCCCN1S(=O)(=O)c1ccc([N+](=O)[O-])cc1. The highest BCUT2D eigenvalue weighted by Crippen LogP contribution is 2.31. The Labute approximate surface area is 165 Å². The number of nitro benzene ring substituents is 1. The highest BCUT2D eigenvalue weighted by Gasteiger charge is 2.37. The molecule has 1 heterocycles. The molecule has 0 unspecified atom stereocenters. The topological polar surface area (TPSA) is 107 Å². The van der Waals surface area contributed by atoms with Gasteiger partial charge in [-0.15, -0.1) is 0 Å². The Kier molecular flexibility index (Phi) is 6.43. The van der Waals surface area contributed by atoms with E-state index < -0.39 is 14.9 Å². The molecule has 1 aliphatic heterocycles. The van der Waals surface area contributed by atoms with Gasteiger partial charge in [-0.25, -0.2) is 8.42 Å². The first-order valence-corrected chi connectivity index (χ1v) is 10.9. The Balaban J connectivity index is 1.87. The number of benzene rings is 2. The number of nitrogens with zero attached hydrogens (tertiary/aromatic N) is 2. The lowest BCUT2D eigenvalue weighted by Gasteiger charge is -2.39. The van der Waals surface area contributed by atoms with E-state index in [2.05, 4.69) is 0 Å². The second kappa shape index (κ2) is 8.81. The molecule has 7 nitrogen and oxygen atoms in total. The number of non-ortho nitro benzene ring substituents is 1. The predicted molar refractivity (Wildman–Crippen MR) is 107 cm³/mol. The summed E-state index contributed by atoms with van der Waals surface area (Å²) in [5.41, 5.74) is 7.06. The normalized spacial score (nSPS) is 19.2. The van der Waals surface area contributed by atoms with Crippen molar-refractivity contribution in [3.8, 4) is 0 Å². The fourth-order valence-electron chi connectivity index (χ4n) is 3.87. The van der Waals surface area contributed by atoms with Crippen LogP contribution in [0.3, 0.4) is 0 Å². The van der Waals surface area contributed by atoms with Crippen LogP contribution in [0.2, 0.25) is 0 Å². The maximum absolute atomic E-state index is 13.3. The van der Waals surface area contributed by atoms with Crippen molar-refractivity contribution in [2.45, 2.75) is 36.6 Å². The molecule has 0 spiro atoms. The zero-order chi connectivity index (χ0) is 20.1. The van der Waals surface area contributed by atoms with Gasteiger partial charge >= 0.3 is 0 Å². The van der Waals surface area contributed by atoms with Gasteiger partial charge in [-0.1, -0.05) is 36.8 Å². The first kappa shape index (κ1) is 20.4. The lowest BCUT2D eigenvalue weighted by molar-refractivity contribution is -0.384. The summed E-state index contributed by atoms with van der Waals surface area (Å²) < 4.78 is 28.1. The van der Waals surface area contributed by atoms with Crippen molar-refractivity contribution in [2.75, 3.05) is 13.1 Å². The predicted octanol–water partition coefficient (Wildman–Crippen LogP) is 2.96. The summed E-state index contributed by atoms with van der Waals surface area (Å²) in [5.74, 6) is 0.00974. The molecule has 0 aromatic heterocycles. The van der Waals surface area contributed by atoms with E-state index in [0.29, 0.717) is 19.5 Å². The lowest BCUT2D eigenvalue weighted by Crippen LogP contribution is -2.49. The highest BCUT2D eigenvalue weighted by molar-refractivity contribution is 7.89. The molecule has 1 saturated heterocycles. The van der Waals surface area contributed by atoms with E-state index in [0.717, 1.165) is 24.8 Å². The van der Waals surface area contributed by atoms with E-state index >= 15 is 0 Å². The van der Waals surface area contributed by atoms with Crippen molar-refractivity contribution in [3.05, 3.63) is 70.3 Å². The quantitative estimate of drug-likeness (QED) is 0.565. The Morgan fingerprint density at radius 2 is 1.79 bits per heavy atom. The molecule has 2 aromatic carbocycles. The molecule has 2 atom stereocenters. The monoisotopic (exact) mass is 403 g/mol. The van der Waals surface area contributed by atoms with Crippen LogP contribution in [0.4, 0.5) is 5.69 Å². The van der Waals surface area contributed by atoms with Crippen molar-refractivity contribution < 1.29 is 13.3 Å². The molecule has 2 N–H and O–H groups in total. The van der Waals surface area contributed by atoms with Crippen LogP contribution < -0.4 is 5.73 Å². The van der Waals surface area contributed by atoms with Crippen LogP contribution in [-0.2, 0) is 16.4 Å². The van der Waals surface area contributed by atoms with Gasteiger partial charge in [0.05, 0.1) is 9.82 Å². The van der Waals surface area contributed by atoms with E-state index in [1.54, 1.807) is 4.31 Å². The average molecular weight is 404 g/mol. The van der Waals surface area contributed by atoms with Crippen molar-refractivity contribution in [3.63, 3.8) is 0 Å². The first-order valence-electron chi connectivity index (χ1n) is 9.44. The van der Waals surface area contributed by atoms with E-state index in [4.69, 9.17) is 5.73 Å². The number of hydrogen-bond donors (Lipinski definition) is 1. The van der Waals surface area contributed by atoms with Crippen molar-refractivity contribution in [1.29, 1.82) is 0 Å². The second-order valence-electron chi connectivity index (χ2n) is 7.12. The molecule has 1 fully saturated rings. The molecule has 0 radical (unpaired) electrons. The summed E-state index contributed by atoms with van der Waals surface area (Å²) in [6.07, 6.45) is 3.24. The zero-order valence-electron chi connectivity index (χ0n) is 15.6. The molecule has 150 valence electrons. The third-order valence-electron chi connectivity index (χ3n) is 5.34. The highest BCUT2D eigenvalue weighted by atomic mass is 32.2. The minimum absolute atomic E-state index is 0.00974. The van der Waals surface area contributed by atoms with Gasteiger partial charge in [-0.3, -0.25) is 10.1 Å². The van der Waals surface area contributed by atoms with E-state index in [-0.39, 0.29) is 22.5 Å². The number of nitro groups is 1. The van der Waals surface area contributed by atoms with Gasteiger partial charge < -0.3 is 5.73 Å². The molecule has 2 aromatic rings. The van der Waals surface area contributed by atoms with Gasteiger partial charge in [0.25, 0.3) is 5.69 Å². The van der Waals surface area contributed by atoms with Crippen molar-refractivity contribution in [2.24, 2.45) is 11.7 Å². The third kappa shape index (κ3) is 4.40. The number of hydrogen-bond acceptors (Lipinski definition) is 5. The molecule has 1 aliphatic rings. The van der Waals surface area contributed by atoms with Gasteiger partial charge in [-0.05, 0) is 49.4 Å². The van der Waals surface area contributed by atoms with Crippen LogP contribution in [0.5, 0.6) is 0 Å². The third-order valence-corrected chi connectivity index (χ3v) is 7.28. The van der Waals surface area contributed by atoms with Crippen LogP contribution >= 0.6 is 0 Å². The molecule has 3 rings (SSSR count). The van der Waals surface area contributed by atoms with Crippen molar-refractivity contribution >= 4 is 15.7 Å². The van der Waals surface area contributed by atoms with Gasteiger partial charge in [0.2, 0.25) is 10.0 Å². The van der Waals surface area contributed by atoms with Crippen LogP contribution in [0, 0.1) is 16.0 Å². The summed E-state index contributed by atoms with van der Waals surface area (Å²) >= 11 is 0. The fraction of sp³-hybridized carbons (Fsp3) is 0.400. The molecule has 0 bridgehead atoms. The Morgan fingerprint density at radius 1 is 1.11 bits per heavy atom. The van der Waals surface area contributed by atoms with E-state index in [1.807, 2.05) is 30.3 Å². The van der Waals surface area contributed by atoms with Gasteiger partial charge in [0.15, 0.2) is 0 Å². The van der Waals surface area contributed by atoms with Crippen LogP contribution in [0.15, 0.2) is 59.5 Å². The second-order valence-corrected chi connectivity index (χ2v) is 9.01. The molecule has 0 amide bonds. The molecule has 8 heteroatoms. The summed E-state index contributed by atoms with van der Waals surface area (Å²) in [6, 6.07) is 14.9. The molecule has 0 aliphatic carbocycles. The number of piperidine rings is 1. The lowest BCUT2D eigenvalue weighted by atomic mass is 9.87. The maximum Gasteiger partial charge on any atom is 0.269 e. The van der Waals surface area contributed by atoms with E-state index in [1.165, 1.54) is 24.3 Å². The van der Waals surface area contributed by atoms with Gasteiger partial charge in [0.1, 0.15) is 0 Å². The van der Waals surface area contributed by atoms with E-state index in [9.17, 15) is 18.5 Å². The van der Waals surface area contributed by atoms with Gasteiger partial charge in [-0.2, -0.15) is 4.31 Å². The van der Waals surface area contributed by atoms with Crippen LogP contribution in [0.25, 0.3) is 0 Å². The minimum Gasteiger partial charge on any atom is -0.330 e. The molecule has 28 heavy (non-hydrogen) atoms. The smallest absolute Gasteiger partial charge is 0.269 e. The standard InChI is InChI=1S/C20H25N3O4S/c21-15-17(14-16-6-2-1-3-7-16)20-8-4-5-13-22(20)28(26,27)19-11-9-18(10-12-19)23(24)25/h1-3,6-7,9-12,17,20H,4-5,8,13-15,21H2/t17-,20-/m0/s1. The zero-order valence-corrected chi connectivity index (χ0v) is 16.4. The minimum atomic E-state index is -3.75. The Hall–Kier alpha value is -2.29. The first-order chi connectivity index (χ1) is 13.4. The Morgan fingerprint density at radius 3 is 2.39 bits per heavy atom. The summed E-state index contributed by atoms with van der Waals surface area (Å²) in [7, 11) is -3.75. The fourth-order valence-corrected chi connectivity index (χ4v) is 5.62. The summed E-state index contributed by atoms with van der Waals surface area (Å²) in [6.45, 7) is 0.834. The number of sulfonamides is 1. The molecular weight excluding hydrogens is 378 g/mol. The Bertz CT molecular complexity index is 901. The van der Waals surface area contributed by atoms with Crippen LogP contribution in [0.1, 0.15) is 24.8 Å². The molecular formula is C20H25N3O4S. The van der Waals surface area contributed by atoms with Crippen molar-refractivity contribution in [1.82, 2.24) is 4.31 Å².